The molecule has 0 heterocycles. The second kappa shape index (κ2) is 4.94. The Labute approximate surface area is 112 Å². The van der Waals surface area contributed by atoms with E-state index in [1.165, 1.54) is 12.1 Å². The van der Waals surface area contributed by atoms with Gasteiger partial charge in [-0.15, -0.1) is 0 Å². The van der Waals surface area contributed by atoms with Gasteiger partial charge in [0, 0.05) is 0 Å². The van der Waals surface area contributed by atoms with Crippen LogP contribution in [0.4, 0.5) is 0 Å². The van der Waals surface area contributed by atoms with Crippen LogP contribution in [0.15, 0.2) is 17.0 Å². The van der Waals surface area contributed by atoms with E-state index in [9.17, 15) is 13.2 Å². The van der Waals surface area contributed by atoms with Crippen molar-refractivity contribution in [3.05, 3.63) is 28.8 Å². The number of hydrogen-bond acceptors (Lipinski definition) is 4. The Kier molecular flexibility index (Phi) is 3.64. The lowest BCUT2D eigenvalue weighted by Crippen LogP contribution is -2.16. The number of hydrogen-bond donors (Lipinski definition) is 1. The van der Waals surface area contributed by atoms with E-state index in [0.29, 0.717) is 23.7 Å². The molecular formula is C13H17NO4S. The van der Waals surface area contributed by atoms with Crippen molar-refractivity contribution >= 4 is 16.0 Å². The molecule has 0 unspecified atom stereocenters. The van der Waals surface area contributed by atoms with Crippen LogP contribution in [-0.4, -0.2) is 21.0 Å². The molecule has 0 saturated heterocycles. The van der Waals surface area contributed by atoms with Crippen LogP contribution < -0.4 is 5.14 Å². The molecule has 1 aromatic carbocycles. The van der Waals surface area contributed by atoms with Crippen LogP contribution in [0.5, 0.6) is 0 Å². The van der Waals surface area contributed by atoms with Gasteiger partial charge in [-0.05, 0) is 55.9 Å². The number of ether oxygens (including phenoxy) is 1. The maximum atomic E-state index is 12.0. The maximum absolute atomic E-state index is 12.0. The van der Waals surface area contributed by atoms with E-state index in [2.05, 4.69) is 0 Å². The Balaban J connectivity index is 2.31. The second-order valence-corrected chi connectivity index (χ2v) is 6.56. The minimum atomic E-state index is -3.82. The molecule has 5 nitrogen and oxygen atoms in total. The van der Waals surface area contributed by atoms with E-state index >= 15 is 0 Å². The molecular weight excluding hydrogens is 266 g/mol. The number of aryl methyl sites for hydroxylation is 1. The van der Waals surface area contributed by atoms with Crippen LogP contribution in [0.2, 0.25) is 0 Å². The Morgan fingerprint density at radius 1 is 1.37 bits per heavy atom. The van der Waals surface area contributed by atoms with Gasteiger partial charge < -0.3 is 4.74 Å². The lowest BCUT2D eigenvalue weighted by molar-refractivity contribution is 0.0485. The zero-order chi connectivity index (χ0) is 14.2. The molecule has 2 N–H and O–H groups in total. The fourth-order valence-electron chi connectivity index (χ4n) is 1.76. The lowest BCUT2D eigenvalue weighted by atomic mass is 10.0. The van der Waals surface area contributed by atoms with Crippen molar-refractivity contribution in [1.29, 1.82) is 0 Å². The quantitative estimate of drug-likeness (QED) is 0.849. The van der Waals surface area contributed by atoms with Crippen LogP contribution >= 0.6 is 0 Å². The molecule has 6 heteroatoms. The van der Waals surface area contributed by atoms with Gasteiger partial charge in [-0.25, -0.2) is 18.4 Å². The molecule has 2 rings (SSSR count). The first-order chi connectivity index (χ1) is 8.79. The predicted octanol–water partition coefficient (Wildman–Crippen LogP) is 1.52. The van der Waals surface area contributed by atoms with Gasteiger partial charge in [0.1, 0.15) is 0 Å². The lowest BCUT2D eigenvalue weighted by Gasteiger charge is -2.11. The molecule has 0 amide bonds. The Hall–Kier alpha value is -1.40. The average molecular weight is 283 g/mol. The first kappa shape index (κ1) is 14.0. The summed E-state index contributed by atoms with van der Waals surface area (Å²) in [7, 11) is -3.82. The molecule has 0 bridgehead atoms. The average Bonchev–Trinajstić information content (AvgIpc) is 3.11. The highest BCUT2D eigenvalue weighted by atomic mass is 32.2. The number of nitrogens with two attached hydrogens (primary N) is 1. The molecule has 0 radical (unpaired) electrons. The number of esters is 1. The molecule has 0 atom stereocenters. The molecule has 0 aromatic heterocycles. The number of carbonyl (C=O) groups excluding carboxylic acids is 1. The Bertz CT molecular complexity index is 618. The summed E-state index contributed by atoms with van der Waals surface area (Å²) in [5, 5.41) is 5.10. The van der Waals surface area contributed by atoms with E-state index in [0.717, 1.165) is 12.8 Å². The van der Waals surface area contributed by atoms with Crippen molar-refractivity contribution in [3.8, 4) is 0 Å². The Morgan fingerprint density at radius 3 is 2.53 bits per heavy atom. The van der Waals surface area contributed by atoms with Gasteiger partial charge in [-0.3, -0.25) is 0 Å². The second-order valence-electron chi connectivity index (χ2n) is 5.00. The largest absolute Gasteiger partial charge is 0.462 e. The summed E-state index contributed by atoms with van der Waals surface area (Å²) in [4.78, 5) is 11.9. The smallest absolute Gasteiger partial charge is 0.338 e. The summed E-state index contributed by atoms with van der Waals surface area (Å²) >= 11 is 0. The monoisotopic (exact) mass is 283 g/mol. The highest BCUT2D eigenvalue weighted by Crippen LogP contribution is 2.29. The van der Waals surface area contributed by atoms with Gasteiger partial charge in [-0.2, -0.15) is 0 Å². The molecule has 0 aliphatic heterocycles. The van der Waals surface area contributed by atoms with Gasteiger partial charge in [0.2, 0.25) is 10.0 Å². The van der Waals surface area contributed by atoms with E-state index in [1.54, 1.807) is 13.8 Å². The van der Waals surface area contributed by atoms with Gasteiger partial charge in [0.05, 0.1) is 17.1 Å². The number of primary sulfonamides is 1. The molecule has 0 spiro atoms. The molecule has 1 saturated carbocycles. The van der Waals surface area contributed by atoms with Gasteiger partial charge in [-0.1, -0.05) is 0 Å². The number of sulfonamides is 1. The molecule has 104 valence electrons. The van der Waals surface area contributed by atoms with E-state index in [4.69, 9.17) is 9.88 Å². The summed E-state index contributed by atoms with van der Waals surface area (Å²) in [6.07, 6.45) is 2.17. The molecule has 1 aliphatic carbocycles. The highest BCUT2D eigenvalue weighted by Gasteiger charge is 2.24. The summed E-state index contributed by atoms with van der Waals surface area (Å²) in [6.45, 7) is 3.90. The molecule has 1 fully saturated rings. The number of carbonyl (C=O) groups is 1. The van der Waals surface area contributed by atoms with Crippen molar-refractivity contribution in [2.24, 2.45) is 11.1 Å². The van der Waals surface area contributed by atoms with E-state index < -0.39 is 16.0 Å². The van der Waals surface area contributed by atoms with Gasteiger partial charge >= 0.3 is 5.97 Å². The van der Waals surface area contributed by atoms with Crippen LogP contribution in [0.3, 0.4) is 0 Å². The van der Waals surface area contributed by atoms with Gasteiger partial charge in [0.25, 0.3) is 0 Å². The minimum Gasteiger partial charge on any atom is -0.462 e. The summed E-state index contributed by atoms with van der Waals surface area (Å²) < 4.78 is 27.9. The Morgan fingerprint density at radius 2 is 2.00 bits per heavy atom. The zero-order valence-corrected chi connectivity index (χ0v) is 11.8. The minimum absolute atomic E-state index is 0.0611. The maximum Gasteiger partial charge on any atom is 0.338 e. The van der Waals surface area contributed by atoms with Crippen molar-refractivity contribution in [3.63, 3.8) is 0 Å². The SMILES string of the molecule is Cc1cc(S(N)(=O)=O)cc(C(=O)OCC2CC2)c1C. The summed E-state index contributed by atoms with van der Waals surface area (Å²) in [5.41, 5.74) is 1.68. The standard InChI is InChI=1S/C13H17NO4S/c1-8-5-11(19(14,16)17)6-12(9(8)2)13(15)18-7-10-3-4-10/h5-6,10H,3-4,7H2,1-2H3,(H2,14,16,17). The number of benzene rings is 1. The third-order valence-corrected chi connectivity index (χ3v) is 4.23. The third-order valence-electron chi connectivity index (χ3n) is 3.34. The van der Waals surface area contributed by atoms with Crippen LogP contribution in [-0.2, 0) is 14.8 Å². The first-order valence-corrected chi connectivity index (χ1v) is 7.65. The predicted molar refractivity (Wildman–Crippen MR) is 70.3 cm³/mol. The molecule has 1 aromatic rings. The van der Waals surface area contributed by atoms with Crippen molar-refractivity contribution in [2.75, 3.05) is 6.61 Å². The number of rotatable bonds is 4. The molecule has 1 aliphatic rings. The van der Waals surface area contributed by atoms with Crippen molar-refractivity contribution < 1.29 is 17.9 Å². The van der Waals surface area contributed by atoms with Crippen LogP contribution in [0.25, 0.3) is 0 Å². The zero-order valence-electron chi connectivity index (χ0n) is 11.0. The van der Waals surface area contributed by atoms with Gasteiger partial charge in [0.15, 0.2) is 0 Å². The fraction of sp³-hybridized carbons (Fsp3) is 0.462. The normalized spacial score (nSPS) is 15.3. The van der Waals surface area contributed by atoms with E-state index in [-0.39, 0.29) is 10.5 Å². The third kappa shape index (κ3) is 3.33. The topological polar surface area (TPSA) is 86.5 Å². The van der Waals surface area contributed by atoms with Crippen LogP contribution in [0.1, 0.15) is 34.3 Å². The van der Waals surface area contributed by atoms with Crippen molar-refractivity contribution in [2.45, 2.75) is 31.6 Å². The highest BCUT2D eigenvalue weighted by molar-refractivity contribution is 7.89. The van der Waals surface area contributed by atoms with E-state index in [1.807, 2.05) is 0 Å². The molecule has 19 heavy (non-hydrogen) atoms. The van der Waals surface area contributed by atoms with Crippen LogP contribution in [0, 0.1) is 19.8 Å². The summed E-state index contributed by atoms with van der Waals surface area (Å²) in [6, 6.07) is 2.75. The summed E-state index contributed by atoms with van der Waals surface area (Å²) in [5.74, 6) is -0.0234. The first-order valence-electron chi connectivity index (χ1n) is 6.10. The fourth-order valence-corrected chi connectivity index (χ4v) is 2.38. The van der Waals surface area contributed by atoms with Crippen molar-refractivity contribution in [1.82, 2.24) is 0 Å².